The van der Waals surface area contributed by atoms with Gasteiger partial charge >= 0.3 is 5.97 Å². The monoisotopic (exact) mass is 291 g/mol. The van der Waals surface area contributed by atoms with Gasteiger partial charge in [-0.15, -0.1) is 0 Å². The summed E-state index contributed by atoms with van der Waals surface area (Å²) < 4.78 is 6.00. The first-order valence-corrected chi connectivity index (χ1v) is 7.51. The number of hydrogen-bond acceptors (Lipinski definition) is 3. The lowest BCUT2D eigenvalue weighted by atomic mass is 9.71. The summed E-state index contributed by atoms with van der Waals surface area (Å²) in [6, 6.07) is 5.16. The van der Waals surface area contributed by atoms with E-state index < -0.39 is 5.97 Å². The zero-order valence-electron chi connectivity index (χ0n) is 13.1. The number of carboxylic acid groups (broad SMARTS) is 1. The third-order valence-corrected chi connectivity index (χ3v) is 4.22. The molecule has 116 valence electrons. The molecule has 2 rings (SSSR count). The van der Waals surface area contributed by atoms with E-state index in [9.17, 15) is 9.90 Å². The van der Waals surface area contributed by atoms with Gasteiger partial charge in [0.15, 0.2) is 0 Å². The molecule has 2 atom stereocenters. The van der Waals surface area contributed by atoms with E-state index in [2.05, 4.69) is 20.8 Å². The van der Waals surface area contributed by atoms with Crippen molar-refractivity contribution < 1.29 is 14.6 Å². The maximum Gasteiger partial charge on any atom is 0.338 e. The second kappa shape index (κ2) is 6.06. The van der Waals surface area contributed by atoms with E-state index in [1.54, 1.807) is 18.2 Å². The molecule has 1 saturated carbocycles. The molecule has 0 aromatic heterocycles. The van der Waals surface area contributed by atoms with Gasteiger partial charge in [0.25, 0.3) is 0 Å². The van der Waals surface area contributed by atoms with Crippen molar-refractivity contribution >= 4 is 11.7 Å². The maximum atomic E-state index is 11.3. The van der Waals surface area contributed by atoms with Crippen LogP contribution in [0, 0.1) is 11.3 Å². The van der Waals surface area contributed by atoms with E-state index in [4.69, 9.17) is 10.5 Å². The lowest BCUT2D eigenvalue weighted by molar-refractivity contribution is -0.0318. The Bertz CT molecular complexity index is 525. The highest BCUT2D eigenvalue weighted by molar-refractivity contribution is 5.95. The highest BCUT2D eigenvalue weighted by atomic mass is 16.5. The van der Waals surface area contributed by atoms with Gasteiger partial charge in [0.2, 0.25) is 0 Å². The molecule has 1 aromatic carbocycles. The summed E-state index contributed by atoms with van der Waals surface area (Å²) >= 11 is 0. The third kappa shape index (κ3) is 3.97. The summed E-state index contributed by atoms with van der Waals surface area (Å²) in [6.45, 7) is 7.09. The van der Waals surface area contributed by atoms with Crippen LogP contribution in [0.5, 0.6) is 0 Å². The number of carboxylic acids is 1. The Hall–Kier alpha value is -1.55. The number of nitrogens with two attached hydrogens (primary N) is 1. The molecule has 1 aliphatic carbocycles. The summed E-state index contributed by atoms with van der Waals surface area (Å²) in [6.07, 6.45) is 3.45. The van der Waals surface area contributed by atoms with Crippen LogP contribution >= 0.6 is 0 Å². The number of rotatable bonds is 4. The van der Waals surface area contributed by atoms with Crippen molar-refractivity contribution in [1.29, 1.82) is 0 Å². The van der Waals surface area contributed by atoms with Crippen LogP contribution < -0.4 is 5.73 Å². The highest BCUT2D eigenvalue weighted by Crippen LogP contribution is 2.40. The van der Waals surface area contributed by atoms with Crippen LogP contribution in [0.25, 0.3) is 0 Å². The first-order valence-electron chi connectivity index (χ1n) is 7.51. The van der Waals surface area contributed by atoms with Crippen molar-refractivity contribution in [2.45, 2.75) is 52.7 Å². The summed E-state index contributed by atoms with van der Waals surface area (Å²) in [5.74, 6) is -0.359. The van der Waals surface area contributed by atoms with Crippen LogP contribution in [0.15, 0.2) is 18.2 Å². The van der Waals surface area contributed by atoms with Gasteiger partial charge in [-0.25, -0.2) is 4.79 Å². The van der Waals surface area contributed by atoms with Crippen molar-refractivity contribution in [2.75, 3.05) is 5.73 Å². The van der Waals surface area contributed by atoms with E-state index in [0.29, 0.717) is 23.8 Å². The molecule has 4 nitrogen and oxygen atoms in total. The SMILES string of the molecule is CC1CC(OCc2cccc(N)c2C(=O)O)CC(C)(C)C1. The molecule has 21 heavy (non-hydrogen) atoms. The van der Waals surface area contributed by atoms with Crippen LogP contribution in [0.4, 0.5) is 5.69 Å². The standard InChI is InChI=1S/C17H25NO3/c1-11-7-13(9-17(2,3)8-11)21-10-12-5-4-6-14(18)15(12)16(19)20/h4-6,11,13H,7-10,18H2,1-3H3,(H,19,20). The van der Waals surface area contributed by atoms with E-state index >= 15 is 0 Å². The molecular formula is C17H25NO3. The molecule has 2 unspecified atom stereocenters. The molecule has 0 bridgehead atoms. The molecule has 0 amide bonds. The predicted molar refractivity (Wildman–Crippen MR) is 83.2 cm³/mol. The summed E-state index contributed by atoms with van der Waals surface area (Å²) in [7, 11) is 0. The molecule has 0 heterocycles. The molecular weight excluding hydrogens is 266 g/mol. The van der Waals surface area contributed by atoms with Crippen molar-refractivity contribution in [1.82, 2.24) is 0 Å². The zero-order valence-corrected chi connectivity index (χ0v) is 13.1. The topological polar surface area (TPSA) is 72.5 Å². The smallest absolute Gasteiger partial charge is 0.338 e. The van der Waals surface area contributed by atoms with E-state index in [1.165, 1.54) is 6.42 Å². The first-order chi connectivity index (χ1) is 9.78. The Morgan fingerprint density at radius 1 is 1.43 bits per heavy atom. The zero-order chi connectivity index (χ0) is 15.6. The Kier molecular flexibility index (Phi) is 4.57. The van der Waals surface area contributed by atoms with Gasteiger partial charge in [-0.3, -0.25) is 0 Å². The molecule has 0 radical (unpaired) electrons. The quantitative estimate of drug-likeness (QED) is 0.830. The van der Waals surface area contributed by atoms with Crippen LogP contribution in [-0.2, 0) is 11.3 Å². The van der Waals surface area contributed by atoms with Gasteiger partial charge < -0.3 is 15.6 Å². The average Bonchev–Trinajstić information content (AvgIpc) is 2.33. The summed E-state index contributed by atoms with van der Waals surface area (Å²) in [5.41, 5.74) is 7.16. The van der Waals surface area contributed by atoms with Crippen molar-refractivity contribution in [2.24, 2.45) is 11.3 Å². The molecule has 0 aliphatic heterocycles. The molecule has 4 heteroatoms. The van der Waals surface area contributed by atoms with Crippen LogP contribution in [0.1, 0.15) is 56.0 Å². The predicted octanol–water partition coefficient (Wildman–Crippen LogP) is 3.70. The molecule has 1 aliphatic rings. The number of hydrogen-bond donors (Lipinski definition) is 2. The van der Waals surface area contributed by atoms with Crippen molar-refractivity contribution in [3.63, 3.8) is 0 Å². The maximum absolute atomic E-state index is 11.3. The Balaban J connectivity index is 2.07. The normalized spacial score (nSPS) is 24.7. The Labute approximate surface area is 126 Å². The number of aromatic carboxylic acids is 1. The van der Waals surface area contributed by atoms with Crippen molar-refractivity contribution in [3.05, 3.63) is 29.3 Å². The minimum atomic E-state index is -0.996. The second-order valence-electron chi connectivity index (χ2n) is 7.03. The third-order valence-electron chi connectivity index (χ3n) is 4.22. The molecule has 0 saturated heterocycles. The van der Waals surface area contributed by atoms with E-state index in [0.717, 1.165) is 12.8 Å². The molecule has 1 aromatic rings. The molecule has 3 N–H and O–H groups in total. The fourth-order valence-electron chi connectivity index (χ4n) is 3.59. The van der Waals surface area contributed by atoms with Gasteiger partial charge in [-0.1, -0.05) is 32.9 Å². The van der Waals surface area contributed by atoms with Gasteiger partial charge in [0.1, 0.15) is 0 Å². The number of ether oxygens (including phenoxy) is 1. The highest BCUT2D eigenvalue weighted by Gasteiger charge is 2.32. The lowest BCUT2D eigenvalue weighted by Crippen LogP contribution is -2.32. The second-order valence-corrected chi connectivity index (χ2v) is 7.03. The van der Waals surface area contributed by atoms with Gasteiger partial charge in [0.05, 0.1) is 18.3 Å². The van der Waals surface area contributed by atoms with Gasteiger partial charge in [-0.2, -0.15) is 0 Å². The number of anilines is 1. The summed E-state index contributed by atoms with van der Waals surface area (Å²) in [4.78, 5) is 11.3. The van der Waals surface area contributed by atoms with Crippen molar-refractivity contribution in [3.8, 4) is 0 Å². The first kappa shape index (κ1) is 15.8. The molecule has 0 spiro atoms. The minimum Gasteiger partial charge on any atom is -0.478 e. The van der Waals surface area contributed by atoms with Gasteiger partial charge in [0, 0.05) is 5.69 Å². The molecule has 1 fully saturated rings. The number of benzene rings is 1. The lowest BCUT2D eigenvalue weighted by Gasteiger charge is -2.38. The minimum absolute atomic E-state index is 0.167. The summed E-state index contributed by atoms with van der Waals surface area (Å²) in [5, 5.41) is 9.27. The Morgan fingerprint density at radius 2 is 2.14 bits per heavy atom. The fourth-order valence-corrected chi connectivity index (χ4v) is 3.59. The number of nitrogen functional groups attached to an aromatic ring is 1. The average molecular weight is 291 g/mol. The van der Waals surface area contributed by atoms with Gasteiger partial charge in [-0.05, 0) is 42.2 Å². The van der Waals surface area contributed by atoms with Crippen LogP contribution in [0.3, 0.4) is 0 Å². The van der Waals surface area contributed by atoms with E-state index in [-0.39, 0.29) is 17.1 Å². The number of carbonyl (C=O) groups is 1. The Morgan fingerprint density at radius 3 is 2.76 bits per heavy atom. The van der Waals surface area contributed by atoms with Crippen LogP contribution in [-0.4, -0.2) is 17.2 Å². The van der Waals surface area contributed by atoms with Crippen LogP contribution in [0.2, 0.25) is 0 Å². The van der Waals surface area contributed by atoms with E-state index in [1.807, 2.05) is 0 Å². The fraction of sp³-hybridized carbons (Fsp3) is 0.588. The largest absolute Gasteiger partial charge is 0.478 e.